The molecule has 17 heavy (non-hydrogen) atoms. The van der Waals surface area contributed by atoms with Gasteiger partial charge >= 0.3 is 0 Å². The predicted molar refractivity (Wildman–Crippen MR) is 71.7 cm³/mol. The van der Waals surface area contributed by atoms with E-state index in [0.717, 1.165) is 31.8 Å². The Labute approximate surface area is 106 Å². The second kappa shape index (κ2) is 6.98. The average Bonchev–Trinajstić information content (AvgIpc) is 2.30. The van der Waals surface area contributed by atoms with Gasteiger partial charge in [-0.15, -0.1) is 0 Å². The highest BCUT2D eigenvalue weighted by molar-refractivity contribution is 4.91. The Hall–Kier alpha value is -0.590. The van der Waals surface area contributed by atoms with Crippen LogP contribution in [0.15, 0.2) is 0 Å². The number of nitriles is 1. The zero-order chi connectivity index (χ0) is 12.7. The number of rotatable bonds is 6. The van der Waals surface area contributed by atoms with Crippen molar-refractivity contribution in [2.45, 2.75) is 39.5 Å². The fraction of sp³-hybridized carbons (Fsp3) is 0.929. The third-order valence-electron chi connectivity index (χ3n) is 3.67. The molecule has 0 amide bonds. The molecule has 3 heteroatoms. The van der Waals surface area contributed by atoms with Gasteiger partial charge < -0.3 is 10.2 Å². The fourth-order valence-electron chi connectivity index (χ4n) is 2.61. The lowest BCUT2D eigenvalue weighted by Crippen LogP contribution is -2.39. The molecule has 1 N–H and O–H groups in total. The second-order valence-corrected chi connectivity index (χ2v) is 5.97. The number of nitrogens with one attached hydrogen (secondary N) is 1. The highest BCUT2D eigenvalue weighted by Crippen LogP contribution is 2.22. The van der Waals surface area contributed by atoms with E-state index >= 15 is 0 Å². The summed E-state index contributed by atoms with van der Waals surface area (Å²) in [6.07, 6.45) is 4.85. The number of hydrogen-bond acceptors (Lipinski definition) is 3. The molecule has 0 bridgehead atoms. The van der Waals surface area contributed by atoms with Crippen molar-refractivity contribution in [3.63, 3.8) is 0 Å². The molecule has 1 saturated heterocycles. The van der Waals surface area contributed by atoms with Gasteiger partial charge in [-0.1, -0.05) is 0 Å². The van der Waals surface area contributed by atoms with Crippen molar-refractivity contribution >= 4 is 0 Å². The van der Waals surface area contributed by atoms with Crippen LogP contribution in [0.4, 0.5) is 0 Å². The minimum Gasteiger partial charge on any atom is -0.319 e. The quantitative estimate of drug-likeness (QED) is 0.770. The van der Waals surface area contributed by atoms with Crippen molar-refractivity contribution in [3.05, 3.63) is 0 Å². The monoisotopic (exact) mass is 237 g/mol. The molecule has 1 atom stereocenters. The largest absolute Gasteiger partial charge is 0.319 e. The van der Waals surface area contributed by atoms with Crippen LogP contribution in [-0.4, -0.2) is 38.1 Å². The van der Waals surface area contributed by atoms with E-state index in [9.17, 15) is 0 Å². The lowest BCUT2D eigenvalue weighted by atomic mass is 9.89. The van der Waals surface area contributed by atoms with Crippen molar-refractivity contribution in [2.75, 3.05) is 33.2 Å². The molecule has 0 aromatic heterocycles. The Kier molecular flexibility index (Phi) is 5.94. The summed E-state index contributed by atoms with van der Waals surface area (Å²) in [5.74, 6) is 0.817. The molecule has 1 unspecified atom stereocenters. The van der Waals surface area contributed by atoms with Crippen LogP contribution in [0, 0.1) is 22.7 Å². The van der Waals surface area contributed by atoms with Crippen molar-refractivity contribution < 1.29 is 0 Å². The van der Waals surface area contributed by atoms with E-state index in [2.05, 4.69) is 16.3 Å². The maximum Gasteiger partial charge on any atom is 0.0683 e. The Balaban J connectivity index is 2.21. The third-order valence-corrected chi connectivity index (χ3v) is 3.67. The van der Waals surface area contributed by atoms with Gasteiger partial charge in [0.05, 0.1) is 11.5 Å². The highest BCUT2D eigenvalue weighted by Gasteiger charge is 2.20. The minimum absolute atomic E-state index is 0.153. The average molecular weight is 237 g/mol. The first-order valence-electron chi connectivity index (χ1n) is 6.85. The van der Waals surface area contributed by atoms with Crippen molar-refractivity contribution in [1.29, 1.82) is 5.26 Å². The third kappa shape index (κ3) is 5.52. The van der Waals surface area contributed by atoms with Crippen LogP contribution in [0.25, 0.3) is 0 Å². The molecule has 0 aliphatic carbocycles. The summed E-state index contributed by atoms with van der Waals surface area (Å²) in [7, 11) is 2.04. The van der Waals surface area contributed by atoms with Gasteiger partial charge in [0.1, 0.15) is 0 Å². The predicted octanol–water partition coefficient (Wildman–Crippen LogP) is 2.25. The molecule has 0 spiro atoms. The summed E-state index contributed by atoms with van der Waals surface area (Å²) < 4.78 is 0. The van der Waals surface area contributed by atoms with Crippen LogP contribution in [0.2, 0.25) is 0 Å². The molecule has 3 nitrogen and oxygen atoms in total. The standard InChI is InChI=1S/C14H27N3/c1-14(2,12-15)7-5-9-17-8-4-6-13(11-17)10-16-3/h13,16H,4-11H2,1-3H3. The summed E-state index contributed by atoms with van der Waals surface area (Å²) in [6, 6.07) is 2.38. The lowest BCUT2D eigenvalue weighted by Gasteiger charge is -2.33. The number of hydrogen-bond donors (Lipinski definition) is 1. The first kappa shape index (κ1) is 14.5. The summed E-state index contributed by atoms with van der Waals surface area (Å²) >= 11 is 0. The van der Waals surface area contributed by atoms with Gasteiger partial charge in [0.2, 0.25) is 0 Å². The van der Waals surface area contributed by atoms with Gasteiger partial charge in [-0.2, -0.15) is 5.26 Å². The van der Waals surface area contributed by atoms with E-state index in [4.69, 9.17) is 5.26 Å². The van der Waals surface area contributed by atoms with Crippen LogP contribution >= 0.6 is 0 Å². The Morgan fingerprint density at radius 3 is 2.88 bits per heavy atom. The second-order valence-electron chi connectivity index (χ2n) is 5.97. The molecule has 0 aromatic rings. The molecule has 1 fully saturated rings. The van der Waals surface area contributed by atoms with Gasteiger partial charge in [-0.05, 0) is 72.1 Å². The topological polar surface area (TPSA) is 39.1 Å². The summed E-state index contributed by atoms with van der Waals surface area (Å²) in [5, 5.41) is 12.2. The molecular weight excluding hydrogens is 210 g/mol. The van der Waals surface area contributed by atoms with Crippen LogP contribution in [0.5, 0.6) is 0 Å². The Morgan fingerprint density at radius 2 is 2.24 bits per heavy atom. The highest BCUT2D eigenvalue weighted by atomic mass is 15.1. The van der Waals surface area contributed by atoms with Crippen LogP contribution in [0.1, 0.15) is 39.5 Å². The molecule has 0 radical (unpaired) electrons. The molecule has 0 saturated carbocycles. The number of nitrogens with zero attached hydrogens (tertiary/aromatic N) is 2. The zero-order valence-corrected chi connectivity index (χ0v) is 11.6. The first-order valence-corrected chi connectivity index (χ1v) is 6.85. The molecule has 1 aliphatic heterocycles. The number of piperidine rings is 1. The smallest absolute Gasteiger partial charge is 0.0683 e. The van der Waals surface area contributed by atoms with Gasteiger partial charge in [-0.3, -0.25) is 0 Å². The van der Waals surface area contributed by atoms with Crippen molar-refractivity contribution in [3.8, 4) is 6.07 Å². The van der Waals surface area contributed by atoms with Crippen LogP contribution in [0.3, 0.4) is 0 Å². The Morgan fingerprint density at radius 1 is 1.47 bits per heavy atom. The molecule has 1 heterocycles. The minimum atomic E-state index is -0.153. The molecule has 1 aliphatic rings. The van der Waals surface area contributed by atoms with Crippen molar-refractivity contribution in [1.82, 2.24) is 10.2 Å². The molecule has 98 valence electrons. The van der Waals surface area contributed by atoms with Crippen LogP contribution in [-0.2, 0) is 0 Å². The fourth-order valence-corrected chi connectivity index (χ4v) is 2.61. The van der Waals surface area contributed by atoms with E-state index in [1.165, 1.54) is 25.9 Å². The van der Waals surface area contributed by atoms with Crippen LogP contribution < -0.4 is 5.32 Å². The molecule has 0 aromatic carbocycles. The first-order chi connectivity index (χ1) is 8.07. The van der Waals surface area contributed by atoms with E-state index in [0.29, 0.717) is 0 Å². The van der Waals surface area contributed by atoms with Gasteiger partial charge in [-0.25, -0.2) is 0 Å². The SMILES string of the molecule is CNCC1CCCN(CCCC(C)(C)C#N)C1. The van der Waals surface area contributed by atoms with Gasteiger partial charge in [0.25, 0.3) is 0 Å². The summed E-state index contributed by atoms with van der Waals surface area (Å²) in [5.41, 5.74) is -0.153. The van der Waals surface area contributed by atoms with E-state index in [-0.39, 0.29) is 5.41 Å². The van der Waals surface area contributed by atoms with Crippen molar-refractivity contribution in [2.24, 2.45) is 11.3 Å². The van der Waals surface area contributed by atoms with Gasteiger partial charge in [0, 0.05) is 6.54 Å². The van der Waals surface area contributed by atoms with E-state index in [1.54, 1.807) is 0 Å². The lowest BCUT2D eigenvalue weighted by molar-refractivity contribution is 0.167. The molecule has 1 rings (SSSR count). The van der Waals surface area contributed by atoms with E-state index in [1.807, 2.05) is 20.9 Å². The summed E-state index contributed by atoms with van der Waals surface area (Å²) in [6.45, 7) is 8.84. The zero-order valence-electron chi connectivity index (χ0n) is 11.6. The van der Waals surface area contributed by atoms with Gasteiger partial charge in [0.15, 0.2) is 0 Å². The van der Waals surface area contributed by atoms with E-state index < -0.39 is 0 Å². The molecular formula is C14H27N3. The Bertz CT molecular complexity index is 253. The summed E-state index contributed by atoms with van der Waals surface area (Å²) in [4.78, 5) is 2.57. The number of likely N-dealkylation sites (tertiary alicyclic amines) is 1. The normalized spacial score (nSPS) is 22.4. The maximum absolute atomic E-state index is 8.97. The maximum atomic E-state index is 8.97.